The van der Waals surface area contributed by atoms with Crippen molar-refractivity contribution in [2.24, 2.45) is 14.1 Å². The number of carbonyl (C=O) groups excluding carboxylic acids is 5. The largest absolute Gasteiger partial charge is 0.487 e. The maximum atomic E-state index is 13.1. The van der Waals surface area contributed by atoms with Crippen LogP contribution in [0.4, 0.5) is 56.9 Å². The number of fused-ring (bicyclic) bond motifs is 6. The van der Waals surface area contributed by atoms with Crippen LogP contribution >= 0.6 is 11.3 Å². The van der Waals surface area contributed by atoms with Crippen molar-refractivity contribution in [3.63, 3.8) is 0 Å². The summed E-state index contributed by atoms with van der Waals surface area (Å²) < 4.78 is 85.8. The van der Waals surface area contributed by atoms with Crippen LogP contribution in [0.5, 0.6) is 28.7 Å². The Morgan fingerprint density at radius 2 is 0.746 bits per heavy atom. The zero-order chi connectivity index (χ0) is 97.0. The smallest absolute Gasteiger partial charge is 0.276 e. The van der Waals surface area contributed by atoms with Gasteiger partial charge in [0.1, 0.15) is 62.4 Å². The number of imidazole rings is 1. The summed E-state index contributed by atoms with van der Waals surface area (Å²) >= 11 is 1.45. The molecule has 38 nitrogen and oxygen atoms in total. The summed E-state index contributed by atoms with van der Waals surface area (Å²) in [5.74, 6) is 2.78. The average Bonchev–Trinajstić information content (AvgIpc) is 1.63. The molecule has 10 aliphatic rings. The Bertz CT molecular complexity index is 6310. The minimum absolute atomic E-state index is 0.0181. The number of hydrogen-bond acceptors (Lipinski definition) is 31. The molecule has 0 aliphatic carbocycles. The quantitative estimate of drug-likeness (QED) is 0.0392. The third-order valence-corrected chi connectivity index (χ3v) is 26.5. The molecule has 2 unspecified atom stereocenters. The van der Waals surface area contributed by atoms with Gasteiger partial charge in [0.15, 0.2) is 22.7 Å². The predicted molar refractivity (Wildman–Crippen MR) is 521 cm³/mol. The first kappa shape index (κ1) is 96.6. The summed E-state index contributed by atoms with van der Waals surface area (Å²) in [5, 5.41) is 48.5. The van der Waals surface area contributed by atoms with Crippen molar-refractivity contribution in [3.8, 4) is 28.7 Å². The molecule has 2 atom stereocenters. The van der Waals surface area contributed by atoms with E-state index in [1.54, 1.807) is 71.0 Å². The van der Waals surface area contributed by atoms with Crippen molar-refractivity contribution in [2.75, 3.05) is 202 Å². The zero-order valence-corrected chi connectivity index (χ0v) is 80.9. The van der Waals surface area contributed by atoms with Crippen molar-refractivity contribution in [1.29, 1.82) is 0 Å². The lowest BCUT2D eigenvalue weighted by atomic mass is 9.99. The second kappa shape index (κ2) is 40.5. The SMILES string of the molecule is CC1(C)Cc2cc(NC(=O)c3cccs3)c(N3CCOCC3)cc2O1.CC1(C)Cc2cc(NC(=O)c3ccnc(S(C)(=O)=O)n3)c(N3CCOCC3)cc2O1.CC1(C)Cc2cc(NC(=O)c3cnc4cccnn34)c(N3CCOCC3)cc2O1.Cn1ccc(C(=O)Nc2cc3c(cc2N2CCOCC2)OC(C)(CO)C3)n1.Cn1ccc(C(=O)Nc2cc3c(cc2N2CCOCC2)OC(C)(CO)C3)n1. The van der Waals surface area contributed by atoms with E-state index in [0.29, 0.717) is 125 Å². The van der Waals surface area contributed by atoms with Crippen LogP contribution in [0, 0.1) is 0 Å². The molecule has 16 heterocycles. The highest BCUT2D eigenvalue weighted by atomic mass is 32.2. The molecule has 0 radical (unpaired) electrons. The number of aromatic nitrogens is 9. The van der Waals surface area contributed by atoms with Gasteiger partial charge in [0.2, 0.25) is 15.0 Å². The molecule has 5 fully saturated rings. The van der Waals surface area contributed by atoms with E-state index >= 15 is 0 Å². The number of aliphatic hydroxyl groups excluding tert-OH is 2. The number of aryl methyl sites for hydroxylation is 2. The number of anilines is 10. The van der Waals surface area contributed by atoms with Crippen LogP contribution < -0.4 is 74.8 Å². The number of thiophene rings is 1. The summed E-state index contributed by atoms with van der Waals surface area (Å²) in [4.78, 5) is 87.4. The first-order valence-corrected chi connectivity index (χ1v) is 48.9. The Morgan fingerprint density at radius 3 is 1.08 bits per heavy atom. The van der Waals surface area contributed by atoms with E-state index in [-0.39, 0.29) is 64.5 Å². The van der Waals surface area contributed by atoms with Gasteiger partial charge in [-0.05, 0) is 127 Å². The molecule has 5 amide bonds. The molecule has 21 rings (SSSR count). The summed E-state index contributed by atoms with van der Waals surface area (Å²) in [5.41, 5.74) is 13.1. The Labute approximate surface area is 803 Å². The molecular weight excluding hydrogens is 1810 g/mol. The van der Waals surface area contributed by atoms with Crippen molar-refractivity contribution in [1.82, 2.24) is 44.1 Å². The van der Waals surface area contributed by atoms with E-state index in [1.165, 1.54) is 23.6 Å². The summed E-state index contributed by atoms with van der Waals surface area (Å²) in [6.07, 6.45) is 12.5. The highest BCUT2D eigenvalue weighted by Crippen LogP contribution is 2.48. The molecule has 40 heteroatoms. The summed E-state index contributed by atoms with van der Waals surface area (Å²) in [7, 11) is -0.0665. The Kier molecular flexibility index (Phi) is 28.4. The molecule has 138 heavy (non-hydrogen) atoms. The highest BCUT2D eigenvalue weighted by Gasteiger charge is 2.41. The second-order valence-electron chi connectivity index (χ2n) is 37.7. The fourth-order valence-electron chi connectivity index (χ4n) is 18.1. The van der Waals surface area contributed by atoms with E-state index in [2.05, 4.69) is 121 Å². The number of rotatable bonds is 18. The van der Waals surface area contributed by atoms with Crippen LogP contribution in [0.3, 0.4) is 0 Å². The monoisotopic (exact) mass is 1930 g/mol. The molecule has 11 aromatic rings. The standard InChI is InChI=1S/C21H23N5O3.C20H24N4O5S.2C19H24N4O4.C19H22N2O3S/c1-21(2)12-14-10-15(16(11-18(14)29-21)25-6-8-28-9-7-25)24-20(27)17-13-22-19-4-3-5-23-26(17)19;1-20(2)12-13-10-15(16(11-17(13)29-20)24-6-8-28-9-7-24)22-18(25)14-4-5-21-19(23-14)30(3,26)27;2*1-19(12-24)11-13-9-15(20-18(25)14-3-4-22(2)21-14)16(10-17(13)27-19)23-5-7-26-8-6-23;1-19(2)12-13-10-14(20-18(22)17-4-3-9-25-17)15(11-16(13)24-19)21-5-7-23-8-6-21/h3-5,10-11,13H,6-9,12H2,1-2H3,(H,24,27);4-5,10-11H,6-9,12H2,1-3H3,(H,22,25);2*3-4,9-10,24H,5-8,11-12H2,1-2H3,(H,20,25);3-4,9-11H,5-8,12H2,1-2H3,(H,20,22). The van der Waals surface area contributed by atoms with Crippen LogP contribution in [0.25, 0.3) is 5.65 Å². The lowest BCUT2D eigenvalue weighted by Crippen LogP contribution is -2.37. The zero-order valence-electron chi connectivity index (χ0n) is 79.3. The Balaban J connectivity index is 0.000000119. The lowest BCUT2D eigenvalue weighted by molar-refractivity contribution is 0.0446. The van der Waals surface area contributed by atoms with E-state index in [0.717, 1.165) is 186 Å². The Morgan fingerprint density at radius 1 is 0.406 bits per heavy atom. The van der Waals surface area contributed by atoms with Crippen LogP contribution in [0.2, 0.25) is 0 Å². The molecule has 5 aromatic carbocycles. The summed E-state index contributed by atoms with van der Waals surface area (Å²) in [6.45, 7) is 30.0. The van der Waals surface area contributed by atoms with E-state index in [9.17, 15) is 42.6 Å². The van der Waals surface area contributed by atoms with Gasteiger partial charge in [0.25, 0.3) is 29.5 Å². The first-order valence-electron chi connectivity index (χ1n) is 46.2. The van der Waals surface area contributed by atoms with Crippen LogP contribution in [-0.4, -0.2) is 271 Å². The number of nitrogens with one attached hydrogen (secondary N) is 5. The van der Waals surface area contributed by atoms with Crippen LogP contribution in [0.1, 0.15) is 135 Å². The molecule has 730 valence electrons. The fraction of sp³-hybridized carbons (Fsp3) is 0.439. The number of ether oxygens (including phenoxy) is 10. The molecule has 0 bridgehead atoms. The van der Waals surface area contributed by atoms with Gasteiger partial charge < -0.3 is 109 Å². The molecular formula is C98H117N19O19S2. The van der Waals surface area contributed by atoms with E-state index < -0.39 is 26.9 Å². The minimum atomic E-state index is -3.62. The van der Waals surface area contributed by atoms with E-state index in [1.807, 2.05) is 99.8 Å². The van der Waals surface area contributed by atoms with Gasteiger partial charge in [-0.3, -0.25) is 33.3 Å². The first-order chi connectivity index (χ1) is 66.1. The average molecular weight is 1930 g/mol. The van der Waals surface area contributed by atoms with Crippen molar-refractivity contribution >= 4 is 113 Å². The van der Waals surface area contributed by atoms with Crippen molar-refractivity contribution in [3.05, 3.63) is 195 Å². The topological polar surface area (TPSA) is 420 Å². The van der Waals surface area contributed by atoms with Gasteiger partial charge in [-0.2, -0.15) is 15.3 Å². The lowest BCUT2D eigenvalue weighted by Gasteiger charge is -2.31. The maximum Gasteiger partial charge on any atom is 0.276 e. The third-order valence-electron chi connectivity index (χ3n) is 24.8. The molecule has 10 aliphatic heterocycles. The second-order valence-corrected chi connectivity index (χ2v) is 40.6. The number of amides is 5. The molecule has 0 spiro atoms. The fourth-order valence-corrected chi connectivity index (χ4v) is 19.2. The normalized spacial score (nSPS) is 19.5. The van der Waals surface area contributed by atoms with Gasteiger partial charge in [-0.1, -0.05) is 6.07 Å². The highest BCUT2D eigenvalue weighted by molar-refractivity contribution is 7.90. The summed E-state index contributed by atoms with van der Waals surface area (Å²) in [6, 6.07) is 32.0. The number of benzene rings is 5. The maximum absolute atomic E-state index is 13.1. The number of hydrogen-bond donors (Lipinski definition) is 7. The van der Waals surface area contributed by atoms with Gasteiger partial charge in [-0.25, -0.2) is 27.9 Å². The van der Waals surface area contributed by atoms with Gasteiger partial charge >= 0.3 is 0 Å². The minimum Gasteiger partial charge on any atom is -0.487 e. The van der Waals surface area contributed by atoms with Crippen molar-refractivity contribution < 1.29 is 90.0 Å². The van der Waals surface area contributed by atoms with Gasteiger partial charge in [-0.15, -0.1) is 11.3 Å². The van der Waals surface area contributed by atoms with Crippen LogP contribution in [0.15, 0.2) is 145 Å². The number of aliphatic hydroxyl groups is 2. The number of sulfone groups is 1. The van der Waals surface area contributed by atoms with Crippen LogP contribution in [-0.2, 0) is 79.7 Å². The molecule has 7 N–H and O–H groups in total. The van der Waals surface area contributed by atoms with Crippen molar-refractivity contribution in [2.45, 2.75) is 121 Å². The third kappa shape index (κ3) is 22.7. The van der Waals surface area contributed by atoms with E-state index in [4.69, 9.17) is 47.4 Å². The van der Waals surface area contributed by atoms with Gasteiger partial charge in [0, 0.05) is 201 Å². The predicted octanol–water partition coefficient (Wildman–Crippen LogP) is 10.2. The number of nitrogens with zero attached hydrogens (tertiary/aromatic N) is 14. The molecule has 5 saturated heterocycles. The number of carbonyl (C=O) groups is 5. The van der Waals surface area contributed by atoms with Gasteiger partial charge in [0.05, 0.1) is 147 Å². The molecule has 0 saturated carbocycles. The molecule has 6 aromatic heterocycles. The Hall–Kier alpha value is -13.1. The number of morpholine rings is 5.